The molecule has 2 rings (SSSR count). The van der Waals surface area contributed by atoms with E-state index in [0.29, 0.717) is 6.42 Å². The predicted molar refractivity (Wildman–Crippen MR) is 65.8 cm³/mol. The minimum Gasteiger partial charge on any atom is -0.394 e. The summed E-state index contributed by atoms with van der Waals surface area (Å²) in [5.41, 5.74) is 0.981. The summed E-state index contributed by atoms with van der Waals surface area (Å²) >= 11 is 3.33. The lowest BCUT2D eigenvalue weighted by molar-refractivity contribution is -0.0331. The van der Waals surface area contributed by atoms with E-state index in [1.165, 1.54) is 0 Å². The van der Waals surface area contributed by atoms with Crippen molar-refractivity contribution in [3.63, 3.8) is 0 Å². The fourth-order valence-corrected chi connectivity index (χ4v) is 2.85. The molecule has 1 aliphatic heterocycles. The van der Waals surface area contributed by atoms with Crippen molar-refractivity contribution in [3.05, 3.63) is 35.9 Å². The van der Waals surface area contributed by atoms with Gasteiger partial charge < -0.3 is 20.1 Å². The van der Waals surface area contributed by atoms with E-state index >= 15 is 0 Å². The molecule has 0 spiro atoms. The number of hydrogen-bond donors (Lipinski definition) is 3. The van der Waals surface area contributed by atoms with Crippen LogP contribution >= 0.6 is 15.9 Å². The fraction of sp³-hybridized carbons (Fsp3) is 0.500. The van der Waals surface area contributed by atoms with Gasteiger partial charge in [0, 0.05) is 6.42 Å². The second-order valence-electron chi connectivity index (χ2n) is 4.22. The average Bonchev–Trinajstić information content (AvgIpc) is 2.55. The molecule has 0 saturated carbocycles. The molecule has 0 radical (unpaired) electrons. The largest absolute Gasteiger partial charge is 0.394 e. The van der Waals surface area contributed by atoms with Crippen molar-refractivity contribution in [2.24, 2.45) is 0 Å². The number of hydrogen-bond acceptors (Lipinski definition) is 4. The van der Waals surface area contributed by atoms with Gasteiger partial charge in [0.1, 0.15) is 18.3 Å². The van der Waals surface area contributed by atoms with Gasteiger partial charge in [-0.2, -0.15) is 0 Å². The lowest BCUT2D eigenvalue weighted by Crippen LogP contribution is -2.39. The molecule has 0 aromatic heterocycles. The quantitative estimate of drug-likeness (QED) is 0.709. The van der Waals surface area contributed by atoms with E-state index in [0.717, 1.165) is 5.56 Å². The van der Waals surface area contributed by atoms with Gasteiger partial charge in [-0.3, -0.25) is 0 Å². The van der Waals surface area contributed by atoms with E-state index in [1.807, 2.05) is 30.3 Å². The monoisotopic (exact) mass is 302 g/mol. The summed E-state index contributed by atoms with van der Waals surface area (Å²) in [7, 11) is 0. The van der Waals surface area contributed by atoms with Crippen LogP contribution in [0.2, 0.25) is 0 Å². The molecule has 1 saturated heterocycles. The first-order valence-corrected chi connectivity index (χ1v) is 6.24. The topological polar surface area (TPSA) is 69.9 Å². The molecule has 0 amide bonds. The molecule has 1 heterocycles. The molecule has 1 aliphatic rings. The number of rotatable bonds is 3. The van der Waals surface area contributed by atoms with Crippen molar-refractivity contribution in [1.82, 2.24) is 0 Å². The van der Waals surface area contributed by atoms with Crippen LogP contribution < -0.4 is 0 Å². The van der Waals surface area contributed by atoms with Crippen molar-refractivity contribution in [2.75, 3.05) is 6.61 Å². The SMILES string of the molecule is OC[C@@H]1OC(Br)(Cc2ccccc2)[C@H](O)[C@H]1O. The van der Waals surface area contributed by atoms with Crippen molar-refractivity contribution in [2.45, 2.75) is 29.2 Å². The molecule has 94 valence electrons. The first-order chi connectivity index (χ1) is 8.07. The van der Waals surface area contributed by atoms with E-state index in [1.54, 1.807) is 0 Å². The Morgan fingerprint density at radius 3 is 2.41 bits per heavy atom. The van der Waals surface area contributed by atoms with E-state index < -0.39 is 22.8 Å². The standard InChI is InChI=1S/C12H15BrO4/c13-12(6-8-4-2-1-3-5-8)11(16)10(15)9(7-14)17-12/h1-5,9-11,14-16H,6-7H2/t9-,10-,11+,12?/m0/s1. The zero-order valence-corrected chi connectivity index (χ0v) is 10.7. The van der Waals surface area contributed by atoms with Gasteiger partial charge in [0.05, 0.1) is 6.61 Å². The van der Waals surface area contributed by atoms with Crippen molar-refractivity contribution >= 4 is 15.9 Å². The van der Waals surface area contributed by atoms with Gasteiger partial charge in [0.2, 0.25) is 0 Å². The number of benzene rings is 1. The van der Waals surface area contributed by atoms with Crippen LogP contribution in [0.4, 0.5) is 0 Å². The Balaban J connectivity index is 2.15. The molecule has 3 N–H and O–H groups in total. The second-order valence-corrected chi connectivity index (χ2v) is 5.57. The second kappa shape index (κ2) is 5.04. The van der Waals surface area contributed by atoms with Crippen LogP contribution in [0.5, 0.6) is 0 Å². The predicted octanol–water partition coefficient (Wildman–Crippen LogP) is 0.433. The molecule has 0 bridgehead atoms. The minimum absolute atomic E-state index is 0.319. The van der Waals surface area contributed by atoms with Gasteiger partial charge in [-0.15, -0.1) is 0 Å². The summed E-state index contributed by atoms with van der Waals surface area (Å²) in [6, 6.07) is 9.52. The summed E-state index contributed by atoms with van der Waals surface area (Å²) in [5, 5.41) is 28.7. The lowest BCUT2D eigenvalue weighted by Gasteiger charge is -2.25. The number of halogens is 1. The van der Waals surface area contributed by atoms with E-state index in [9.17, 15) is 10.2 Å². The van der Waals surface area contributed by atoms with Crippen LogP contribution in [-0.4, -0.2) is 44.7 Å². The molecule has 4 nitrogen and oxygen atoms in total. The summed E-state index contributed by atoms with van der Waals surface area (Å²) < 4.78 is 4.45. The summed E-state index contributed by atoms with van der Waals surface area (Å²) in [6.07, 6.45) is -2.49. The third-order valence-corrected chi connectivity index (χ3v) is 3.90. The highest BCUT2D eigenvalue weighted by Crippen LogP contribution is 2.39. The van der Waals surface area contributed by atoms with Crippen molar-refractivity contribution in [1.29, 1.82) is 0 Å². The Morgan fingerprint density at radius 2 is 1.88 bits per heavy atom. The first kappa shape index (κ1) is 13.0. The van der Waals surface area contributed by atoms with Crippen LogP contribution in [0.1, 0.15) is 5.56 Å². The average molecular weight is 303 g/mol. The maximum absolute atomic E-state index is 9.95. The number of alkyl halides is 1. The third kappa shape index (κ3) is 2.53. The van der Waals surface area contributed by atoms with Gasteiger partial charge in [-0.25, -0.2) is 0 Å². The highest BCUT2D eigenvalue weighted by atomic mass is 79.9. The molecule has 0 aliphatic carbocycles. The normalized spacial score (nSPS) is 37.3. The van der Waals surface area contributed by atoms with Crippen LogP contribution in [0.15, 0.2) is 30.3 Å². The molecule has 1 unspecified atom stereocenters. The van der Waals surface area contributed by atoms with E-state index in [-0.39, 0.29) is 6.61 Å². The zero-order valence-electron chi connectivity index (χ0n) is 9.16. The van der Waals surface area contributed by atoms with Crippen LogP contribution in [0.25, 0.3) is 0 Å². The minimum atomic E-state index is -1.08. The van der Waals surface area contributed by atoms with Crippen LogP contribution in [-0.2, 0) is 11.2 Å². The molecule has 1 aromatic carbocycles. The van der Waals surface area contributed by atoms with Crippen LogP contribution in [0, 0.1) is 0 Å². The highest BCUT2D eigenvalue weighted by molar-refractivity contribution is 9.10. The lowest BCUT2D eigenvalue weighted by atomic mass is 10.0. The smallest absolute Gasteiger partial charge is 0.155 e. The fourth-order valence-electron chi connectivity index (χ4n) is 2.02. The maximum atomic E-state index is 9.95. The molecular formula is C12H15BrO4. The molecular weight excluding hydrogens is 288 g/mol. The molecule has 4 atom stereocenters. The summed E-state index contributed by atoms with van der Waals surface area (Å²) in [5.74, 6) is 0. The van der Waals surface area contributed by atoms with E-state index in [4.69, 9.17) is 9.84 Å². The summed E-state index contributed by atoms with van der Waals surface area (Å²) in [6.45, 7) is -0.319. The molecule has 17 heavy (non-hydrogen) atoms. The zero-order chi connectivity index (χ0) is 12.5. The molecule has 5 heteroatoms. The number of ether oxygens (including phenoxy) is 1. The van der Waals surface area contributed by atoms with E-state index in [2.05, 4.69) is 15.9 Å². The third-order valence-electron chi connectivity index (χ3n) is 2.96. The van der Waals surface area contributed by atoms with Gasteiger partial charge >= 0.3 is 0 Å². The Bertz CT molecular complexity index is 372. The molecule has 1 fully saturated rings. The van der Waals surface area contributed by atoms with Gasteiger partial charge in [0.15, 0.2) is 4.51 Å². The van der Waals surface area contributed by atoms with Gasteiger partial charge in [-0.05, 0) is 5.56 Å². The Labute approximate surface area is 108 Å². The Hall–Kier alpha value is -0.460. The first-order valence-electron chi connectivity index (χ1n) is 5.44. The molecule has 1 aromatic rings. The van der Waals surface area contributed by atoms with Gasteiger partial charge in [-0.1, -0.05) is 46.3 Å². The number of aliphatic hydroxyl groups excluding tert-OH is 3. The van der Waals surface area contributed by atoms with Crippen molar-refractivity contribution < 1.29 is 20.1 Å². The number of aliphatic hydroxyl groups is 3. The highest BCUT2D eigenvalue weighted by Gasteiger charge is 2.52. The Kier molecular flexibility index (Phi) is 3.85. The maximum Gasteiger partial charge on any atom is 0.155 e. The summed E-state index contributed by atoms with van der Waals surface area (Å²) in [4.78, 5) is 0. The Morgan fingerprint density at radius 1 is 1.24 bits per heavy atom. The van der Waals surface area contributed by atoms with Crippen molar-refractivity contribution in [3.8, 4) is 0 Å². The van der Waals surface area contributed by atoms with Gasteiger partial charge in [0.25, 0.3) is 0 Å². The van der Waals surface area contributed by atoms with Crippen LogP contribution in [0.3, 0.4) is 0 Å².